The molecule has 0 saturated carbocycles. The van der Waals surface area contributed by atoms with Crippen LogP contribution in [0.25, 0.3) is 0 Å². The van der Waals surface area contributed by atoms with Gasteiger partial charge in [-0.1, -0.05) is 0 Å². The van der Waals surface area contributed by atoms with Crippen LogP contribution in [-0.2, 0) is 0 Å². The van der Waals surface area contributed by atoms with E-state index >= 15 is 0 Å². The number of nitro groups is 1. The van der Waals surface area contributed by atoms with Crippen LogP contribution in [0.3, 0.4) is 0 Å². The number of nitro benzene ring substituents is 1. The molecule has 25 heavy (non-hydrogen) atoms. The van der Waals surface area contributed by atoms with Gasteiger partial charge in [-0.15, -0.1) is 0 Å². The van der Waals surface area contributed by atoms with Crippen molar-refractivity contribution < 1.29 is 28.7 Å². The van der Waals surface area contributed by atoms with Gasteiger partial charge < -0.3 is 18.9 Å². The molecule has 0 unspecified atom stereocenters. The quantitative estimate of drug-likeness (QED) is 0.429. The van der Waals surface area contributed by atoms with Gasteiger partial charge in [0.25, 0.3) is 5.69 Å². The average Bonchev–Trinajstić information content (AvgIpc) is 2.61. The number of nitrogens with zero attached hydrogens (tertiary/aromatic N) is 1. The molecule has 132 valence electrons. The van der Waals surface area contributed by atoms with Gasteiger partial charge in [0.1, 0.15) is 5.75 Å². The van der Waals surface area contributed by atoms with Crippen LogP contribution in [0.15, 0.2) is 24.3 Å². The molecular weight excluding hydrogens is 330 g/mol. The highest BCUT2D eigenvalue weighted by Gasteiger charge is 2.19. The number of hydrogen-bond acceptors (Lipinski definition) is 7. The van der Waals surface area contributed by atoms with Crippen LogP contribution in [0, 0.1) is 17.0 Å². The fourth-order valence-electron chi connectivity index (χ4n) is 2.26. The van der Waals surface area contributed by atoms with E-state index in [2.05, 4.69) is 0 Å². The van der Waals surface area contributed by atoms with E-state index in [1.165, 1.54) is 45.6 Å². The highest BCUT2D eigenvalue weighted by atomic mass is 16.6. The molecule has 0 heterocycles. The zero-order valence-corrected chi connectivity index (χ0v) is 14.2. The van der Waals surface area contributed by atoms with Gasteiger partial charge in [-0.05, 0) is 19.1 Å². The highest BCUT2D eigenvalue weighted by Crippen LogP contribution is 2.40. The van der Waals surface area contributed by atoms with Crippen molar-refractivity contribution in [1.82, 2.24) is 0 Å². The molecule has 0 aromatic heterocycles. The van der Waals surface area contributed by atoms with Crippen LogP contribution < -0.4 is 18.9 Å². The van der Waals surface area contributed by atoms with E-state index in [9.17, 15) is 14.9 Å². The Morgan fingerprint density at radius 1 is 0.880 bits per heavy atom. The summed E-state index contributed by atoms with van der Waals surface area (Å²) in [4.78, 5) is 21.9. The Labute approximate surface area is 144 Å². The Hall–Kier alpha value is -3.29. The van der Waals surface area contributed by atoms with Crippen molar-refractivity contribution in [3.8, 4) is 28.7 Å². The summed E-state index contributed by atoms with van der Waals surface area (Å²) in [7, 11) is 4.28. The number of carbonyl (C=O) groups excluding carboxylic acids is 1. The third-order valence-corrected chi connectivity index (χ3v) is 3.54. The molecule has 0 amide bonds. The number of methoxy groups -OCH3 is 3. The Morgan fingerprint density at radius 2 is 1.44 bits per heavy atom. The van der Waals surface area contributed by atoms with Crippen molar-refractivity contribution in [1.29, 1.82) is 0 Å². The number of benzene rings is 2. The molecule has 2 rings (SSSR count). The maximum absolute atomic E-state index is 11.4. The first-order valence-electron chi connectivity index (χ1n) is 7.17. The summed E-state index contributed by atoms with van der Waals surface area (Å²) in [6.07, 6.45) is 0.613. The Bertz CT molecular complexity index is 817. The zero-order valence-electron chi connectivity index (χ0n) is 14.2. The number of aldehydes is 1. The summed E-state index contributed by atoms with van der Waals surface area (Å²) >= 11 is 0. The Balaban J connectivity index is 2.54. The summed E-state index contributed by atoms with van der Waals surface area (Å²) in [5.41, 5.74) is 0.539. The maximum Gasteiger partial charge on any atom is 0.276 e. The fraction of sp³-hybridized carbons (Fsp3) is 0.235. The third kappa shape index (κ3) is 3.63. The number of hydrogen-bond donors (Lipinski definition) is 0. The largest absolute Gasteiger partial charge is 0.493 e. The lowest BCUT2D eigenvalue weighted by Crippen LogP contribution is -1.99. The Morgan fingerprint density at radius 3 is 1.96 bits per heavy atom. The van der Waals surface area contributed by atoms with E-state index in [0.717, 1.165) is 0 Å². The molecule has 0 fully saturated rings. The van der Waals surface area contributed by atoms with Crippen molar-refractivity contribution in [2.45, 2.75) is 6.92 Å². The molecule has 0 aliphatic carbocycles. The summed E-state index contributed by atoms with van der Waals surface area (Å²) in [5, 5.41) is 11.0. The van der Waals surface area contributed by atoms with E-state index in [1.54, 1.807) is 6.92 Å². The van der Waals surface area contributed by atoms with E-state index in [-0.39, 0.29) is 28.5 Å². The van der Waals surface area contributed by atoms with E-state index in [0.29, 0.717) is 23.3 Å². The summed E-state index contributed by atoms with van der Waals surface area (Å²) in [6, 6.07) is 5.72. The van der Waals surface area contributed by atoms with Crippen LogP contribution in [0.4, 0.5) is 5.69 Å². The molecule has 0 bridgehead atoms. The number of rotatable bonds is 7. The fourth-order valence-corrected chi connectivity index (χ4v) is 2.26. The highest BCUT2D eigenvalue weighted by molar-refractivity contribution is 5.81. The lowest BCUT2D eigenvalue weighted by atomic mass is 10.1. The minimum atomic E-state index is -0.505. The van der Waals surface area contributed by atoms with Crippen molar-refractivity contribution >= 4 is 12.0 Å². The predicted octanol–water partition coefficient (Wildman–Crippen LogP) is 3.53. The second kappa shape index (κ2) is 7.52. The van der Waals surface area contributed by atoms with Crippen molar-refractivity contribution in [2.24, 2.45) is 0 Å². The normalized spacial score (nSPS) is 10.1. The first-order valence-corrected chi connectivity index (χ1v) is 7.17. The van der Waals surface area contributed by atoms with Crippen molar-refractivity contribution in [2.75, 3.05) is 21.3 Å². The molecule has 2 aromatic rings. The smallest absolute Gasteiger partial charge is 0.276 e. The van der Waals surface area contributed by atoms with Gasteiger partial charge in [0, 0.05) is 11.6 Å². The van der Waals surface area contributed by atoms with Crippen LogP contribution in [0.1, 0.15) is 15.9 Å². The molecule has 0 atom stereocenters. The SMILES string of the molecule is COc1cc(C=O)c(Oc2cc(C)c([N+](=O)[O-])cc2OC)cc1OC. The lowest BCUT2D eigenvalue weighted by Gasteiger charge is -2.15. The standard InChI is InChI=1S/C17H17NO7/c1-10-5-17(15(23-3)7-12(10)18(20)21)25-13-8-16(24-4)14(22-2)6-11(13)9-19/h5-9H,1-4H3. The van der Waals surface area contributed by atoms with E-state index in [1.807, 2.05) is 0 Å². The number of aryl methyl sites for hydroxylation is 1. The first-order chi connectivity index (χ1) is 11.9. The van der Waals surface area contributed by atoms with Gasteiger partial charge in [0.05, 0.1) is 37.9 Å². The molecule has 0 spiro atoms. The molecule has 0 N–H and O–H groups in total. The van der Waals surface area contributed by atoms with Crippen molar-refractivity contribution in [3.63, 3.8) is 0 Å². The summed E-state index contributed by atoms with van der Waals surface area (Å²) in [5.74, 6) is 1.37. The summed E-state index contributed by atoms with van der Waals surface area (Å²) in [6.45, 7) is 1.58. The topological polar surface area (TPSA) is 97.1 Å². The van der Waals surface area contributed by atoms with Gasteiger partial charge in [-0.2, -0.15) is 0 Å². The minimum Gasteiger partial charge on any atom is -0.493 e. The lowest BCUT2D eigenvalue weighted by molar-refractivity contribution is -0.385. The van der Waals surface area contributed by atoms with Crippen LogP contribution in [0.5, 0.6) is 28.7 Å². The second-order valence-electron chi connectivity index (χ2n) is 5.01. The molecule has 0 radical (unpaired) electrons. The van der Waals surface area contributed by atoms with Crippen LogP contribution in [0.2, 0.25) is 0 Å². The average molecular weight is 347 g/mol. The van der Waals surface area contributed by atoms with Crippen molar-refractivity contribution in [3.05, 3.63) is 45.5 Å². The number of ether oxygens (including phenoxy) is 4. The van der Waals surface area contributed by atoms with Crippen LogP contribution in [-0.4, -0.2) is 32.5 Å². The van der Waals surface area contributed by atoms with E-state index < -0.39 is 4.92 Å². The maximum atomic E-state index is 11.4. The van der Waals surface area contributed by atoms with Crippen LogP contribution >= 0.6 is 0 Å². The van der Waals surface area contributed by atoms with Gasteiger partial charge in [0.15, 0.2) is 29.3 Å². The minimum absolute atomic E-state index is 0.0906. The molecular formula is C17H17NO7. The van der Waals surface area contributed by atoms with Gasteiger partial charge >= 0.3 is 0 Å². The molecule has 8 heteroatoms. The van der Waals surface area contributed by atoms with E-state index in [4.69, 9.17) is 18.9 Å². The molecule has 2 aromatic carbocycles. The second-order valence-corrected chi connectivity index (χ2v) is 5.01. The molecule has 0 aliphatic heterocycles. The molecule has 0 saturated heterocycles. The van der Waals surface area contributed by atoms with Gasteiger partial charge in [0.2, 0.25) is 0 Å². The molecule has 0 aliphatic rings. The monoisotopic (exact) mass is 347 g/mol. The third-order valence-electron chi connectivity index (χ3n) is 3.54. The first kappa shape index (κ1) is 18.1. The zero-order chi connectivity index (χ0) is 18.6. The predicted molar refractivity (Wildman–Crippen MR) is 89.4 cm³/mol. The van der Waals surface area contributed by atoms with Gasteiger partial charge in [-0.3, -0.25) is 14.9 Å². The van der Waals surface area contributed by atoms with Gasteiger partial charge in [-0.25, -0.2) is 0 Å². The summed E-state index contributed by atoms with van der Waals surface area (Å²) < 4.78 is 21.3. The number of carbonyl (C=O) groups is 1. The molecule has 8 nitrogen and oxygen atoms in total. The Kier molecular flexibility index (Phi) is 5.43.